The van der Waals surface area contributed by atoms with E-state index in [2.05, 4.69) is 10.3 Å². The van der Waals surface area contributed by atoms with Crippen LogP contribution in [0.5, 0.6) is 0 Å². The summed E-state index contributed by atoms with van der Waals surface area (Å²) in [6.07, 6.45) is 1.71. The number of hydrogen-bond acceptors (Lipinski definition) is 4. The van der Waals surface area contributed by atoms with E-state index in [-0.39, 0.29) is 5.91 Å². The fourth-order valence-electron chi connectivity index (χ4n) is 0.899. The minimum atomic E-state index is -0.0143. The molecule has 0 aliphatic heterocycles. The molecular formula is C9H13N3OS. The van der Waals surface area contributed by atoms with Gasteiger partial charge in [-0.05, 0) is 12.1 Å². The lowest BCUT2D eigenvalue weighted by molar-refractivity contribution is -0.118. The molecule has 14 heavy (non-hydrogen) atoms. The topological polar surface area (TPSA) is 68.0 Å². The Balaban J connectivity index is 2.31. The van der Waals surface area contributed by atoms with Crippen molar-refractivity contribution >= 4 is 23.4 Å². The Morgan fingerprint density at radius 2 is 2.50 bits per heavy atom. The number of hydrogen-bond donors (Lipinski definition) is 2. The van der Waals surface area contributed by atoms with Gasteiger partial charge in [-0.15, -0.1) is 11.8 Å². The molecule has 1 amide bonds. The molecule has 1 aromatic heterocycles. The summed E-state index contributed by atoms with van der Waals surface area (Å²) in [5, 5.41) is 3.52. The minimum Gasteiger partial charge on any atom is -0.397 e. The smallest absolute Gasteiger partial charge is 0.216 e. The van der Waals surface area contributed by atoms with Gasteiger partial charge in [-0.2, -0.15) is 0 Å². The lowest BCUT2D eigenvalue weighted by Gasteiger charge is -2.03. The van der Waals surface area contributed by atoms with E-state index in [1.54, 1.807) is 12.3 Å². The van der Waals surface area contributed by atoms with Crippen molar-refractivity contribution in [3.8, 4) is 0 Å². The molecule has 5 heteroatoms. The largest absolute Gasteiger partial charge is 0.397 e. The molecule has 1 rings (SSSR count). The maximum Gasteiger partial charge on any atom is 0.216 e. The van der Waals surface area contributed by atoms with E-state index in [0.29, 0.717) is 12.2 Å². The Morgan fingerprint density at radius 1 is 1.71 bits per heavy atom. The van der Waals surface area contributed by atoms with E-state index in [1.165, 1.54) is 18.7 Å². The first-order chi connectivity index (χ1) is 6.70. The molecular weight excluding hydrogens is 198 g/mol. The maximum absolute atomic E-state index is 10.6. The van der Waals surface area contributed by atoms with Crippen LogP contribution in [0.15, 0.2) is 23.4 Å². The molecule has 0 bridgehead atoms. The summed E-state index contributed by atoms with van der Waals surface area (Å²) in [7, 11) is 0. The van der Waals surface area contributed by atoms with Crippen LogP contribution in [0.4, 0.5) is 5.69 Å². The third-order valence-corrected chi connectivity index (χ3v) is 2.54. The van der Waals surface area contributed by atoms with Crippen LogP contribution in [-0.2, 0) is 4.79 Å². The van der Waals surface area contributed by atoms with E-state index < -0.39 is 0 Å². The number of carbonyl (C=O) groups excluding carboxylic acids is 1. The standard InChI is InChI=1S/C9H13N3OS/c1-7(13)11-5-6-14-9-8(10)3-2-4-12-9/h2-4H,5-6,10H2,1H3,(H,11,13). The third-order valence-electron chi connectivity index (χ3n) is 1.52. The quantitative estimate of drug-likeness (QED) is 0.573. The second kappa shape index (κ2) is 5.49. The number of nitrogens with two attached hydrogens (primary N) is 1. The first kappa shape index (κ1) is 10.8. The molecule has 3 N–H and O–H groups in total. The van der Waals surface area contributed by atoms with Crippen LogP contribution in [0, 0.1) is 0 Å². The van der Waals surface area contributed by atoms with E-state index in [1.807, 2.05) is 6.07 Å². The van der Waals surface area contributed by atoms with Gasteiger partial charge < -0.3 is 11.1 Å². The third kappa shape index (κ3) is 3.66. The molecule has 0 saturated carbocycles. The number of rotatable bonds is 4. The number of pyridine rings is 1. The van der Waals surface area contributed by atoms with Gasteiger partial charge in [0.15, 0.2) is 0 Å². The lowest BCUT2D eigenvalue weighted by atomic mass is 10.4. The minimum absolute atomic E-state index is 0.0143. The molecule has 0 saturated heterocycles. The number of nitrogen functional groups attached to an aromatic ring is 1. The van der Waals surface area contributed by atoms with Gasteiger partial charge in [-0.3, -0.25) is 4.79 Å². The van der Waals surface area contributed by atoms with Crippen molar-refractivity contribution in [3.63, 3.8) is 0 Å². The van der Waals surface area contributed by atoms with Crippen LogP contribution in [0.25, 0.3) is 0 Å². The van der Waals surface area contributed by atoms with E-state index in [4.69, 9.17) is 5.73 Å². The number of thioether (sulfide) groups is 1. The second-order valence-corrected chi connectivity index (χ2v) is 3.81. The highest BCUT2D eigenvalue weighted by Gasteiger charge is 1.99. The Morgan fingerprint density at radius 3 is 3.14 bits per heavy atom. The average Bonchev–Trinajstić information content (AvgIpc) is 2.15. The van der Waals surface area contributed by atoms with Gasteiger partial charge in [0.25, 0.3) is 0 Å². The van der Waals surface area contributed by atoms with Crippen molar-refractivity contribution in [1.29, 1.82) is 0 Å². The first-order valence-electron chi connectivity index (χ1n) is 4.28. The first-order valence-corrected chi connectivity index (χ1v) is 5.26. The van der Waals surface area contributed by atoms with E-state index in [0.717, 1.165) is 10.8 Å². The number of nitrogens with zero attached hydrogens (tertiary/aromatic N) is 1. The van der Waals surface area contributed by atoms with Crippen molar-refractivity contribution in [3.05, 3.63) is 18.3 Å². The van der Waals surface area contributed by atoms with Crippen LogP contribution in [0.2, 0.25) is 0 Å². The summed E-state index contributed by atoms with van der Waals surface area (Å²) < 4.78 is 0. The van der Waals surface area contributed by atoms with Gasteiger partial charge in [0.2, 0.25) is 5.91 Å². The highest BCUT2D eigenvalue weighted by atomic mass is 32.2. The number of amides is 1. The Hall–Kier alpha value is -1.23. The van der Waals surface area contributed by atoms with Gasteiger partial charge in [-0.1, -0.05) is 0 Å². The lowest BCUT2D eigenvalue weighted by Crippen LogP contribution is -2.22. The van der Waals surface area contributed by atoms with Gasteiger partial charge in [0.1, 0.15) is 5.03 Å². The fraction of sp³-hybridized carbons (Fsp3) is 0.333. The van der Waals surface area contributed by atoms with Crippen LogP contribution in [0.1, 0.15) is 6.92 Å². The second-order valence-electron chi connectivity index (χ2n) is 2.73. The van der Waals surface area contributed by atoms with Crippen molar-refractivity contribution in [2.45, 2.75) is 11.9 Å². The van der Waals surface area contributed by atoms with Crippen LogP contribution in [-0.4, -0.2) is 23.2 Å². The van der Waals surface area contributed by atoms with Gasteiger partial charge in [-0.25, -0.2) is 4.98 Å². The SMILES string of the molecule is CC(=O)NCCSc1ncccc1N. The summed E-state index contributed by atoms with van der Waals surface area (Å²) in [6.45, 7) is 2.13. The average molecular weight is 211 g/mol. The predicted molar refractivity (Wildman–Crippen MR) is 58.1 cm³/mol. The van der Waals surface area contributed by atoms with Crippen molar-refractivity contribution in [2.75, 3.05) is 18.0 Å². The molecule has 0 aliphatic carbocycles. The molecule has 1 heterocycles. The van der Waals surface area contributed by atoms with Crippen LogP contribution < -0.4 is 11.1 Å². The zero-order chi connectivity index (χ0) is 10.4. The summed E-state index contributed by atoms with van der Waals surface area (Å²) in [4.78, 5) is 14.7. The summed E-state index contributed by atoms with van der Waals surface area (Å²) in [5.74, 6) is 0.764. The van der Waals surface area contributed by atoms with Gasteiger partial charge in [0, 0.05) is 25.4 Å². The molecule has 0 aromatic carbocycles. The fourth-order valence-corrected chi connectivity index (χ4v) is 1.67. The summed E-state index contributed by atoms with van der Waals surface area (Å²) in [6, 6.07) is 3.61. The Labute approximate surface area is 87.3 Å². The molecule has 0 unspecified atom stereocenters. The zero-order valence-electron chi connectivity index (χ0n) is 7.99. The summed E-state index contributed by atoms with van der Waals surface area (Å²) >= 11 is 1.54. The highest BCUT2D eigenvalue weighted by Crippen LogP contribution is 2.20. The maximum atomic E-state index is 10.6. The van der Waals surface area contributed by atoms with E-state index >= 15 is 0 Å². The number of carbonyl (C=O) groups is 1. The van der Waals surface area contributed by atoms with Crippen LogP contribution in [0.3, 0.4) is 0 Å². The molecule has 0 fully saturated rings. The monoisotopic (exact) mass is 211 g/mol. The molecule has 0 radical (unpaired) electrons. The predicted octanol–water partition coefficient (Wildman–Crippen LogP) is 0.892. The highest BCUT2D eigenvalue weighted by molar-refractivity contribution is 7.99. The molecule has 0 atom stereocenters. The van der Waals surface area contributed by atoms with Crippen molar-refractivity contribution in [2.24, 2.45) is 0 Å². The number of aromatic nitrogens is 1. The number of nitrogens with one attached hydrogen (secondary N) is 1. The van der Waals surface area contributed by atoms with Crippen molar-refractivity contribution < 1.29 is 4.79 Å². The normalized spacial score (nSPS) is 9.79. The zero-order valence-corrected chi connectivity index (χ0v) is 8.80. The molecule has 4 nitrogen and oxygen atoms in total. The Kier molecular flexibility index (Phi) is 4.25. The molecule has 76 valence electrons. The van der Waals surface area contributed by atoms with Crippen LogP contribution >= 0.6 is 11.8 Å². The van der Waals surface area contributed by atoms with E-state index in [9.17, 15) is 4.79 Å². The van der Waals surface area contributed by atoms with Crippen molar-refractivity contribution in [1.82, 2.24) is 10.3 Å². The Bertz CT molecular complexity index is 317. The molecule has 0 aliphatic rings. The summed E-state index contributed by atoms with van der Waals surface area (Å²) in [5.41, 5.74) is 6.37. The van der Waals surface area contributed by atoms with Gasteiger partial charge in [0.05, 0.1) is 5.69 Å². The number of anilines is 1. The van der Waals surface area contributed by atoms with Gasteiger partial charge >= 0.3 is 0 Å². The molecule has 1 aromatic rings. The molecule has 0 spiro atoms.